The van der Waals surface area contributed by atoms with Crippen LogP contribution in [0, 0.1) is 0 Å². The quantitative estimate of drug-likeness (QED) is 0.815. The number of sulfonamides is 1. The van der Waals surface area contributed by atoms with Crippen molar-refractivity contribution in [2.24, 2.45) is 0 Å². The van der Waals surface area contributed by atoms with Gasteiger partial charge in [-0.1, -0.05) is 6.92 Å². The third-order valence-corrected chi connectivity index (χ3v) is 5.22. The number of anilines is 2. The fourth-order valence-corrected chi connectivity index (χ4v) is 4.19. The second-order valence-corrected chi connectivity index (χ2v) is 7.02. The van der Waals surface area contributed by atoms with Gasteiger partial charge in [-0.25, -0.2) is 8.42 Å². The molecule has 1 atom stereocenters. The Morgan fingerprint density at radius 1 is 1.35 bits per heavy atom. The van der Waals surface area contributed by atoms with E-state index in [0.29, 0.717) is 24.5 Å². The van der Waals surface area contributed by atoms with Crippen molar-refractivity contribution in [3.63, 3.8) is 0 Å². The maximum absolute atomic E-state index is 12.6. The van der Waals surface area contributed by atoms with Crippen LogP contribution >= 0.6 is 0 Å². The Labute approximate surface area is 120 Å². The molecule has 20 heavy (non-hydrogen) atoms. The van der Waals surface area contributed by atoms with Gasteiger partial charge in [0, 0.05) is 18.8 Å². The molecule has 1 aliphatic heterocycles. The zero-order valence-electron chi connectivity index (χ0n) is 11.8. The van der Waals surface area contributed by atoms with Gasteiger partial charge in [-0.3, -0.25) is 4.31 Å². The highest BCUT2D eigenvalue weighted by Gasteiger charge is 2.28. The summed E-state index contributed by atoms with van der Waals surface area (Å²) in [5, 5.41) is 0. The third kappa shape index (κ3) is 3.64. The summed E-state index contributed by atoms with van der Waals surface area (Å²) in [6.45, 7) is 3.10. The van der Waals surface area contributed by atoms with E-state index in [-0.39, 0.29) is 11.9 Å². The maximum Gasteiger partial charge on any atom is 0.237 e. The van der Waals surface area contributed by atoms with Gasteiger partial charge in [0.25, 0.3) is 0 Å². The van der Waals surface area contributed by atoms with E-state index in [1.54, 1.807) is 24.3 Å². The molecule has 0 spiro atoms. The standard InChI is InChI=1S/C14H22N2O3S/c1-2-9-16(13-7-5-12(15)6-8-13)20(17,18)11-14-4-3-10-19-14/h5-8,14H,2-4,9-11,15H2,1H3. The highest BCUT2D eigenvalue weighted by Crippen LogP contribution is 2.23. The number of benzene rings is 1. The Morgan fingerprint density at radius 3 is 2.60 bits per heavy atom. The van der Waals surface area contributed by atoms with Crippen LogP contribution in [0.15, 0.2) is 24.3 Å². The molecule has 2 N–H and O–H groups in total. The van der Waals surface area contributed by atoms with Gasteiger partial charge in [-0.15, -0.1) is 0 Å². The van der Waals surface area contributed by atoms with Crippen molar-refractivity contribution >= 4 is 21.4 Å². The van der Waals surface area contributed by atoms with Crippen LogP contribution in [0.25, 0.3) is 0 Å². The van der Waals surface area contributed by atoms with E-state index in [1.807, 2.05) is 6.92 Å². The molecule has 0 saturated carbocycles. The molecule has 5 nitrogen and oxygen atoms in total. The van der Waals surface area contributed by atoms with Crippen LogP contribution < -0.4 is 10.0 Å². The topological polar surface area (TPSA) is 72.6 Å². The summed E-state index contributed by atoms with van der Waals surface area (Å²) in [7, 11) is -3.37. The molecule has 6 heteroatoms. The van der Waals surface area contributed by atoms with Crippen molar-refractivity contribution < 1.29 is 13.2 Å². The van der Waals surface area contributed by atoms with Crippen LogP contribution in [0.3, 0.4) is 0 Å². The van der Waals surface area contributed by atoms with Crippen molar-refractivity contribution in [1.82, 2.24) is 0 Å². The van der Waals surface area contributed by atoms with Crippen LogP contribution in [0.5, 0.6) is 0 Å². The minimum absolute atomic E-state index is 0.0530. The summed E-state index contributed by atoms with van der Waals surface area (Å²) < 4.78 is 32.1. The van der Waals surface area contributed by atoms with Crippen molar-refractivity contribution in [3.8, 4) is 0 Å². The first kappa shape index (κ1) is 15.1. The number of rotatable bonds is 6. The number of hydrogen-bond acceptors (Lipinski definition) is 4. The van der Waals surface area contributed by atoms with Crippen LogP contribution in [0.4, 0.5) is 11.4 Å². The van der Waals surface area contributed by atoms with E-state index in [0.717, 1.165) is 19.3 Å². The smallest absolute Gasteiger partial charge is 0.237 e. The Bertz CT molecular complexity index is 522. The Morgan fingerprint density at radius 2 is 2.05 bits per heavy atom. The molecule has 112 valence electrons. The molecular weight excluding hydrogens is 276 g/mol. The predicted molar refractivity (Wildman–Crippen MR) is 81.3 cm³/mol. The van der Waals surface area contributed by atoms with Gasteiger partial charge >= 0.3 is 0 Å². The lowest BCUT2D eigenvalue weighted by molar-refractivity contribution is 0.127. The predicted octanol–water partition coefficient (Wildman–Crippen LogP) is 1.99. The van der Waals surface area contributed by atoms with Crippen molar-refractivity contribution in [2.75, 3.05) is 28.9 Å². The molecule has 0 radical (unpaired) electrons. The monoisotopic (exact) mass is 298 g/mol. The van der Waals surface area contributed by atoms with Crippen LogP contribution in [-0.2, 0) is 14.8 Å². The fraction of sp³-hybridized carbons (Fsp3) is 0.571. The number of nitrogens with two attached hydrogens (primary N) is 1. The van der Waals surface area contributed by atoms with Crippen LogP contribution in [0.2, 0.25) is 0 Å². The summed E-state index contributed by atoms with van der Waals surface area (Å²) in [5.41, 5.74) is 6.95. The summed E-state index contributed by atoms with van der Waals surface area (Å²) >= 11 is 0. The minimum atomic E-state index is -3.37. The molecule has 1 unspecified atom stereocenters. The molecule has 1 aliphatic rings. The van der Waals surface area contributed by atoms with Gasteiger partial charge in [0.05, 0.1) is 17.5 Å². The molecule has 1 heterocycles. The molecule has 1 aromatic rings. The Hall–Kier alpha value is -1.27. The SMILES string of the molecule is CCCN(c1ccc(N)cc1)S(=O)(=O)CC1CCCO1. The summed E-state index contributed by atoms with van der Waals surface area (Å²) in [5.74, 6) is 0.0530. The largest absolute Gasteiger partial charge is 0.399 e. The summed E-state index contributed by atoms with van der Waals surface area (Å²) in [4.78, 5) is 0. The third-order valence-electron chi connectivity index (χ3n) is 3.36. The highest BCUT2D eigenvalue weighted by atomic mass is 32.2. The second-order valence-electron chi connectivity index (χ2n) is 5.08. The van der Waals surface area contributed by atoms with Crippen LogP contribution in [-0.4, -0.2) is 33.4 Å². The number of hydrogen-bond donors (Lipinski definition) is 1. The second kappa shape index (κ2) is 6.45. The minimum Gasteiger partial charge on any atom is -0.399 e. The molecule has 1 fully saturated rings. The molecule has 2 rings (SSSR count). The molecular formula is C14H22N2O3S. The zero-order valence-corrected chi connectivity index (χ0v) is 12.6. The van der Waals surface area contributed by atoms with E-state index in [1.165, 1.54) is 4.31 Å². The zero-order chi connectivity index (χ0) is 14.6. The number of nitrogens with zero attached hydrogens (tertiary/aromatic N) is 1. The number of nitrogen functional groups attached to an aromatic ring is 1. The van der Waals surface area contributed by atoms with Gasteiger partial charge < -0.3 is 10.5 Å². The molecule has 1 aromatic carbocycles. The fourth-order valence-electron chi connectivity index (χ4n) is 2.37. The average molecular weight is 298 g/mol. The first-order valence-electron chi connectivity index (χ1n) is 7.00. The van der Waals surface area contributed by atoms with Crippen molar-refractivity contribution in [1.29, 1.82) is 0 Å². The van der Waals surface area contributed by atoms with E-state index < -0.39 is 10.0 Å². The lowest BCUT2D eigenvalue weighted by Gasteiger charge is -2.25. The van der Waals surface area contributed by atoms with Crippen molar-refractivity contribution in [3.05, 3.63) is 24.3 Å². The van der Waals surface area contributed by atoms with E-state index in [4.69, 9.17) is 10.5 Å². The lowest BCUT2D eigenvalue weighted by atomic mass is 10.3. The van der Waals surface area contributed by atoms with E-state index in [2.05, 4.69) is 0 Å². The molecule has 0 amide bonds. The average Bonchev–Trinajstić information content (AvgIpc) is 2.89. The molecule has 0 aromatic heterocycles. The van der Waals surface area contributed by atoms with E-state index >= 15 is 0 Å². The first-order valence-corrected chi connectivity index (χ1v) is 8.61. The summed E-state index contributed by atoms with van der Waals surface area (Å²) in [6.07, 6.45) is 2.35. The molecule has 0 bridgehead atoms. The van der Waals surface area contributed by atoms with Crippen LogP contribution in [0.1, 0.15) is 26.2 Å². The van der Waals surface area contributed by atoms with E-state index in [9.17, 15) is 8.42 Å². The Kier molecular flexibility index (Phi) is 4.88. The first-order chi connectivity index (χ1) is 9.53. The van der Waals surface area contributed by atoms with Gasteiger partial charge in [0.2, 0.25) is 10.0 Å². The molecule has 0 aliphatic carbocycles. The van der Waals surface area contributed by atoms with Gasteiger partial charge in [-0.05, 0) is 43.5 Å². The van der Waals surface area contributed by atoms with Gasteiger partial charge in [-0.2, -0.15) is 0 Å². The number of ether oxygens (including phenoxy) is 1. The normalized spacial score (nSPS) is 19.1. The van der Waals surface area contributed by atoms with Crippen molar-refractivity contribution in [2.45, 2.75) is 32.3 Å². The maximum atomic E-state index is 12.6. The molecule has 1 saturated heterocycles. The Balaban J connectivity index is 2.19. The highest BCUT2D eigenvalue weighted by molar-refractivity contribution is 7.92. The van der Waals surface area contributed by atoms with Gasteiger partial charge in [0.15, 0.2) is 0 Å². The lowest BCUT2D eigenvalue weighted by Crippen LogP contribution is -2.37. The van der Waals surface area contributed by atoms with Gasteiger partial charge in [0.1, 0.15) is 0 Å². The summed E-state index contributed by atoms with van der Waals surface area (Å²) in [6, 6.07) is 6.94.